The van der Waals surface area contributed by atoms with Crippen molar-refractivity contribution in [3.05, 3.63) is 0 Å². The third kappa shape index (κ3) is 2.35. The number of piperazine rings is 1. The van der Waals surface area contributed by atoms with Crippen molar-refractivity contribution < 1.29 is 18.0 Å². The van der Waals surface area contributed by atoms with Gasteiger partial charge in [0.05, 0.1) is 17.0 Å². The van der Waals surface area contributed by atoms with Crippen LogP contribution in [-0.2, 0) is 19.4 Å². The van der Waals surface area contributed by atoms with E-state index in [0.29, 0.717) is 12.8 Å². The summed E-state index contributed by atoms with van der Waals surface area (Å²) in [5, 5.41) is 2.70. The maximum absolute atomic E-state index is 12.5. The molecule has 0 bridgehead atoms. The third-order valence-electron chi connectivity index (χ3n) is 4.28. The highest BCUT2D eigenvalue weighted by atomic mass is 32.2. The molecule has 2 fully saturated rings. The number of nitrogens with one attached hydrogen (secondary N) is 1. The van der Waals surface area contributed by atoms with Gasteiger partial charge < -0.3 is 10.2 Å². The summed E-state index contributed by atoms with van der Waals surface area (Å²) in [5.41, 5.74) is -1.69. The normalized spacial score (nSPS) is 38.4. The molecule has 0 aromatic carbocycles. The summed E-state index contributed by atoms with van der Waals surface area (Å²) >= 11 is 0. The predicted octanol–water partition coefficient (Wildman–Crippen LogP) is -0.309. The van der Waals surface area contributed by atoms with Crippen molar-refractivity contribution in [3.8, 4) is 0 Å². The number of rotatable bonds is 2. The van der Waals surface area contributed by atoms with Gasteiger partial charge in [-0.3, -0.25) is 9.59 Å². The topological polar surface area (TPSA) is 83.6 Å². The van der Waals surface area contributed by atoms with E-state index in [9.17, 15) is 18.0 Å². The minimum absolute atomic E-state index is 0.0551. The van der Waals surface area contributed by atoms with Crippen LogP contribution in [0.5, 0.6) is 0 Å². The zero-order valence-corrected chi connectivity index (χ0v) is 12.3. The number of carbonyl (C=O) groups excluding carboxylic acids is 2. The van der Waals surface area contributed by atoms with Crippen LogP contribution in [0.4, 0.5) is 0 Å². The van der Waals surface area contributed by atoms with Gasteiger partial charge in [0.2, 0.25) is 11.8 Å². The smallest absolute Gasteiger partial charge is 0.248 e. The minimum Gasteiger partial charge on any atom is -0.340 e. The van der Waals surface area contributed by atoms with Crippen LogP contribution in [0.2, 0.25) is 0 Å². The largest absolute Gasteiger partial charge is 0.340 e. The van der Waals surface area contributed by atoms with Gasteiger partial charge in [-0.05, 0) is 26.7 Å². The fraction of sp³-hybridized carbons (Fsp3) is 0.833. The van der Waals surface area contributed by atoms with Gasteiger partial charge in [-0.25, -0.2) is 8.42 Å². The lowest BCUT2D eigenvalue weighted by Gasteiger charge is -2.46. The molecule has 0 aliphatic carbocycles. The summed E-state index contributed by atoms with van der Waals surface area (Å²) in [6.07, 6.45) is 0.880. The summed E-state index contributed by atoms with van der Waals surface area (Å²) in [6, 6.07) is 0. The molecule has 0 aromatic rings. The number of nitrogens with zero attached hydrogens (tertiary/aromatic N) is 1. The average molecular weight is 288 g/mol. The molecule has 19 heavy (non-hydrogen) atoms. The van der Waals surface area contributed by atoms with Crippen molar-refractivity contribution in [3.63, 3.8) is 0 Å². The highest BCUT2D eigenvalue weighted by Gasteiger charge is 2.51. The van der Waals surface area contributed by atoms with E-state index in [1.54, 1.807) is 13.8 Å². The van der Waals surface area contributed by atoms with Gasteiger partial charge in [-0.15, -0.1) is 0 Å². The van der Waals surface area contributed by atoms with Crippen molar-refractivity contribution in [1.82, 2.24) is 10.2 Å². The second kappa shape index (κ2) is 4.19. The second-order valence-electron chi connectivity index (χ2n) is 5.96. The van der Waals surface area contributed by atoms with Crippen LogP contribution in [0.1, 0.15) is 33.6 Å². The molecular formula is C12H20N2O4S. The number of hydrogen-bond acceptors (Lipinski definition) is 4. The molecular weight excluding hydrogens is 268 g/mol. The van der Waals surface area contributed by atoms with Gasteiger partial charge in [0, 0.05) is 0 Å². The summed E-state index contributed by atoms with van der Waals surface area (Å²) < 4.78 is 23.3. The fourth-order valence-electron chi connectivity index (χ4n) is 2.80. The van der Waals surface area contributed by atoms with E-state index in [4.69, 9.17) is 0 Å². The van der Waals surface area contributed by atoms with Crippen LogP contribution >= 0.6 is 0 Å². The van der Waals surface area contributed by atoms with Crippen LogP contribution < -0.4 is 5.32 Å². The van der Waals surface area contributed by atoms with Crippen molar-refractivity contribution in [2.45, 2.75) is 44.7 Å². The van der Waals surface area contributed by atoms with E-state index in [0.717, 1.165) is 0 Å². The molecule has 0 aromatic heterocycles. The molecule has 2 saturated heterocycles. The van der Waals surface area contributed by atoms with Crippen LogP contribution in [0, 0.1) is 0 Å². The first-order valence-corrected chi connectivity index (χ1v) is 8.28. The van der Waals surface area contributed by atoms with E-state index in [1.807, 2.05) is 6.92 Å². The number of amides is 2. The fourth-order valence-corrected chi connectivity index (χ4v) is 4.94. The Hall–Kier alpha value is -1.11. The average Bonchev–Trinajstić information content (AvgIpc) is 2.59. The van der Waals surface area contributed by atoms with Crippen LogP contribution in [0.25, 0.3) is 0 Å². The Balaban J connectivity index is 2.34. The summed E-state index contributed by atoms with van der Waals surface area (Å²) in [7, 11) is -3.11. The Morgan fingerprint density at radius 2 is 1.95 bits per heavy atom. The molecule has 0 radical (unpaired) electrons. The molecule has 2 aliphatic heterocycles. The van der Waals surface area contributed by atoms with Gasteiger partial charge in [0.25, 0.3) is 0 Å². The highest BCUT2D eigenvalue weighted by Crippen LogP contribution is 2.33. The number of hydrogen-bond donors (Lipinski definition) is 1. The highest BCUT2D eigenvalue weighted by molar-refractivity contribution is 7.91. The maximum atomic E-state index is 12.5. The quantitative estimate of drug-likeness (QED) is 0.755. The zero-order chi connectivity index (χ0) is 14.5. The first kappa shape index (κ1) is 14.3. The van der Waals surface area contributed by atoms with Crippen molar-refractivity contribution in [2.75, 3.05) is 18.1 Å². The SMILES string of the molecule is CCC1(C)NC(=O)CN(C2(C)CCS(=O)(=O)C2)C1=O. The van der Waals surface area contributed by atoms with Crippen LogP contribution in [-0.4, -0.2) is 54.3 Å². The summed E-state index contributed by atoms with van der Waals surface area (Å²) in [6.45, 7) is 5.21. The molecule has 0 spiro atoms. The number of sulfone groups is 1. The van der Waals surface area contributed by atoms with Crippen molar-refractivity contribution in [2.24, 2.45) is 0 Å². The Bertz CT molecular complexity index is 530. The van der Waals surface area contributed by atoms with Gasteiger partial charge in [0.15, 0.2) is 9.84 Å². The van der Waals surface area contributed by atoms with Gasteiger partial charge in [-0.1, -0.05) is 6.92 Å². The molecule has 2 rings (SSSR count). The lowest BCUT2D eigenvalue weighted by Crippen LogP contribution is -2.69. The molecule has 2 atom stereocenters. The lowest BCUT2D eigenvalue weighted by molar-refractivity contribution is -0.154. The van der Waals surface area contributed by atoms with Gasteiger partial charge in [-0.2, -0.15) is 0 Å². The Kier molecular flexibility index (Phi) is 3.16. The Morgan fingerprint density at radius 1 is 1.32 bits per heavy atom. The van der Waals surface area contributed by atoms with Gasteiger partial charge >= 0.3 is 0 Å². The second-order valence-corrected chi connectivity index (χ2v) is 8.15. The molecule has 0 saturated carbocycles. The first-order valence-electron chi connectivity index (χ1n) is 6.45. The molecule has 2 unspecified atom stereocenters. The van der Waals surface area contributed by atoms with E-state index >= 15 is 0 Å². The molecule has 2 aliphatic rings. The van der Waals surface area contributed by atoms with Crippen molar-refractivity contribution in [1.29, 1.82) is 0 Å². The molecule has 108 valence electrons. The standard InChI is InChI=1S/C12H20N2O4S/c1-4-12(3)10(16)14(7-9(15)13-12)11(2)5-6-19(17,18)8-11/h4-8H2,1-3H3,(H,13,15). The van der Waals surface area contributed by atoms with Crippen molar-refractivity contribution >= 4 is 21.7 Å². The van der Waals surface area contributed by atoms with Crippen LogP contribution in [0.3, 0.4) is 0 Å². The summed E-state index contributed by atoms with van der Waals surface area (Å²) in [5.74, 6) is -0.389. The Labute approximate surface area is 113 Å². The monoisotopic (exact) mass is 288 g/mol. The maximum Gasteiger partial charge on any atom is 0.248 e. The van der Waals surface area contributed by atoms with Crippen LogP contribution in [0.15, 0.2) is 0 Å². The van der Waals surface area contributed by atoms with E-state index < -0.39 is 20.9 Å². The third-order valence-corrected chi connectivity index (χ3v) is 6.16. The van der Waals surface area contributed by atoms with E-state index in [2.05, 4.69) is 5.32 Å². The summed E-state index contributed by atoms with van der Waals surface area (Å²) in [4.78, 5) is 25.8. The molecule has 1 N–H and O–H groups in total. The molecule has 7 heteroatoms. The first-order chi connectivity index (χ1) is 8.62. The predicted molar refractivity (Wildman–Crippen MR) is 70.2 cm³/mol. The van der Waals surface area contributed by atoms with Gasteiger partial charge in [0.1, 0.15) is 12.1 Å². The molecule has 2 heterocycles. The minimum atomic E-state index is -3.11. The molecule has 6 nitrogen and oxygen atoms in total. The zero-order valence-electron chi connectivity index (χ0n) is 11.5. The van der Waals surface area contributed by atoms with E-state index in [1.165, 1.54) is 4.90 Å². The van der Waals surface area contributed by atoms with E-state index in [-0.39, 0.29) is 29.9 Å². The number of carbonyl (C=O) groups is 2. The molecule has 2 amide bonds. The Morgan fingerprint density at radius 3 is 2.42 bits per heavy atom. The lowest BCUT2D eigenvalue weighted by atomic mass is 9.89.